The molecule has 3 fully saturated rings. The third kappa shape index (κ3) is 2.46. The number of imide groups is 2. The van der Waals surface area contributed by atoms with Gasteiger partial charge in [-0.3, -0.25) is 24.1 Å². The number of rotatable bonds is 5. The largest absolute Gasteiger partial charge is 0.365 e. The predicted octanol–water partition coefficient (Wildman–Crippen LogP) is -0.688. The Labute approximate surface area is 142 Å². The van der Waals surface area contributed by atoms with Crippen LogP contribution < -0.4 is 0 Å². The van der Waals surface area contributed by atoms with Crippen molar-refractivity contribution in [2.75, 3.05) is 6.54 Å². The fraction of sp³-hybridized carbons (Fsp3) is 0.562. The van der Waals surface area contributed by atoms with E-state index >= 15 is 0 Å². The van der Waals surface area contributed by atoms with Crippen LogP contribution in [0.4, 0.5) is 0 Å². The van der Waals surface area contributed by atoms with E-state index in [1.807, 2.05) is 12.2 Å². The maximum Gasteiger partial charge on any atom is 0.333 e. The Bertz CT molecular complexity index is 669. The summed E-state index contributed by atoms with van der Waals surface area (Å²) < 4.78 is 5.54. The van der Waals surface area contributed by atoms with E-state index < -0.39 is 29.6 Å². The molecule has 4 atom stereocenters. The Kier molecular flexibility index (Phi) is 3.68. The minimum atomic E-state index is -0.743. The smallest absolute Gasteiger partial charge is 0.333 e. The summed E-state index contributed by atoms with van der Waals surface area (Å²) >= 11 is 0. The van der Waals surface area contributed by atoms with Crippen LogP contribution in [-0.2, 0) is 33.5 Å². The monoisotopic (exact) mass is 348 g/mol. The number of hydrogen-bond donors (Lipinski definition) is 0. The molecule has 4 aliphatic rings. The van der Waals surface area contributed by atoms with Crippen molar-refractivity contribution in [3.63, 3.8) is 0 Å². The molecule has 0 aromatic rings. The van der Waals surface area contributed by atoms with Gasteiger partial charge in [0.05, 0.1) is 24.0 Å². The van der Waals surface area contributed by atoms with E-state index in [1.165, 1.54) is 4.90 Å². The van der Waals surface area contributed by atoms with Crippen LogP contribution in [-0.4, -0.2) is 58.3 Å². The number of nitrogens with zero attached hydrogens (tertiary/aromatic N) is 2. The first-order valence-corrected chi connectivity index (χ1v) is 8.23. The van der Waals surface area contributed by atoms with Crippen LogP contribution in [0.15, 0.2) is 12.2 Å². The zero-order chi connectivity index (χ0) is 17.7. The summed E-state index contributed by atoms with van der Waals surface area (Å²) in [4.78, 5) is 65.2. The van der Waals surface area contributed by atoms with Crippen molar-refractivity contribution in [2.45, 2.75) is 37.9 Å². The molecule has 4 amide bonds. The Morgan fingerprint density at radius 2 is 1.60 bits per heavy atom. The molecule has 0 radical (unpaired) electrons. The van der Waals surface area contributed by atoms with Gasteiger partial charge in [-0.15, -0.1) is 5.06 Å². The maximum atomic E-state index is 12.4. The zero-order valence-corrected chi connectivity index (χ0v) is 13.3. The van der Waals surface area contributed by atoms with Gasteiger partial charge in [0.25, 0.3) is 11.8 Å². The van der Waals surface area contributed by atoms with Crippen LogP contribution in [0.25, 0.3) is 0 Å². The lowest BCUT2D eigenvalue weighted by Crippen LogP contribution is -2.36. The van der Waals surface area contributed by atoms with Crippen LogP contribution in [0.1, 0.15) is 25.7 Å². The molecule has 1 unspecified atom stereocenters. The number of hydroxylamine groups is 2. The van der Waals surface area contributed by atoms with Gasteiger partial charge in [-0.1, -0.05) is 12.2 Å². The highest BCUT2D eigenvalue weighted by Crippen LogP contribution is 2.45. The highest BCUT2D eigenvalue weighted by Gasteiger charge is 2.60. The fourth-order valence-electron chi connectivity index (χ4n) is 3.77. The highest BCUT2D eigenvalue weighted by molar-refractivity contribution is 6.06. The van der Waals surface area contributed by atoms with E-state index in [0.29, 0.717) is 5.06 Å². The number of ether oxygens (including phenoxy) is 1. The van der Waals surface area contributed by atoms with Gasteiger partial charge in [-0.05, 0) is 6.42 Å². The third-order valence-corrected chi connectivity index (χ3v) is 4.96. The molecule has 4 heterocycles. The molecule has 3 saturated heterocycles. The Morgan fingerprint density at radius 1 is 1.04 bits per heavy atom. The molecule has 0 spiro atoms. The number of likely N-dealkylation sites (tertiary alicyclic amines) is 1. The van der Waals surface area contributed by atoms with Crippen LogP contribution >= 0.6 is 0 Å². The second-order valence-corrected chi connectivity index (χ2v) is 6.48. The third-order valence-electron chi connectivity index (χ3n) is 4.96. The number of fused-ring (bicyclic) bond motifs is 5. The van der Waals surface area contributed by atoms with Gasteiger partial charge in [0.2, 0.25) is 11.8 Å². The van der Waals surface area contributed by atoms with Crippen molar-refractivity contribution in [3.8, 4) is 0 Å². The first-order chi connectivity index (χ1) is 12.0. The molecule has 0 aromatic carbocycles. The van der Waals surface area contributed by atoms with E-state index in [1.54, 1.807) is 0 Å². The molecular weight excluding hydrogens is 332 g/mol. The van der Waals surface area contributed by atoms with E-state index in [0.717, 1.165) is 0 Å². The Balaban J connectivity index is 1.29. The van der Waals surface area contributed by atoms with Crippen LogP contribution in [0.5, 0.6) is 0 Å². The molecule has 0 saturated carbocycles. The summed E-state index contributed by atoms with van der Waals surface area (Å²) in [7, 11) is 0. The van der Waals surface area contributed by atoms with Gasteiger partial charge in [0.15, 0.2) is 0 Å². The lowest BCUT2D eigenvalue weighted by molar-refractivity contribution is -0.197. The average molecular weight is 348 g/mol. The molecule has 0 N–H and O–H groups in total. The summed E-state index contributed by atoms with van der Waals surface area (Å²) in [5.74, 6) is -3.30. The molecule has 9 nitrogen and oxygen atoms in total. The number of carbonyl (C=O) groups is 5. The molecular formula is C16H16N2O7. The molecule has 9 heteroatoms. The van der Waals surface area contributed by atoms with Crippen molar-refractivity contribution in [1.29, 1.82) is 0 Å². The normalized spacial score (nSPS) is 33.0. The van der Waals surface area contributed by atoms with Crippen molar-refractivity contribution >= 4 is 29.6 Å². The molecule has 2 bridgehead atoms. The van der Waals surface area contributed by atoms with Gasteiger partial charge < -0.3 is 9.57 Å². The van der Waals surface area contributed by atoms with Crippen LogP contribution in [0, 0.1) is 11.8 Å². The predicted molar refractivity (Wildman–Crippen MR) is 77.9 cm³/mol. The van der Waals surface area contributed by atoms with Crippen molar-refractivity contribution < 1.29 is 33.5 Å². The van der Waals surface area contributed by atoms with Crippen LogP contribution in [0.2, 0.25) is 0 Å². The van der Waals surface area contributed by atoms with E-state index in [9.17, 15) is 24.0 Å². The lowest BCUT2D eigenvalue weighted by Gasteiger charge is -2.17. The summed E-state index contributed by atoms with van der Waals surface area (Å²) in [6.45, 7) is 0.0983. The van der Waals surface area contributed by atoms with Gasteiger partial charge in [-0.25, -0.2) is 4.79 Å². The molecule has 0 aromatic heterocycles. The van der Waals surface area contributed by atoms with Gasteiger partial charge in [-0.2, -0.15) is 0 Å². The van der Waals surface area contributed by atoms with Crippen molar-refractivity contribution in [2.24, 2.45) is 11.8 Å². The first-order valence-electron chi connectivity index (χ1n) is 8.23. The van der Waals surface area contributed by atoms with Gasteiger partial charge in [0.1, 0.15) is 0 Å². The Hall–Kier alpha value is -2.55. The molecule has 4 rings (SSSR count). The number of carbonyl (C=O) groups excluding carboxylic acids is 5. The minimum Gasteiger partial charge on any atom is -0.365 e. The molecule has 4 aliphatic heterocycles. The zero-order valence-electron chi connectivity index (χ0n) is 13.3. The topological polar surface area (TPSA) is 110 Å². The summed E-state index contributed by atoms with van der Waals surface area (Å²) in [6.07, 6.45) is 3.10. The summed E-state index contributed by atoms with van der Waals surface area (Å²) in [5.41, 5.74) is 0. The Morgan fingerprint density at radius 3 is 2.16 bits per heavy atom. The average Bonchev–Trinajstić information content (AvgIpc) is 3.32. The fourth-order valence-corrected chi connectivity index (χ4v) is 3.77. The van der Waals surface area contributed by atoms with E-state index in [4.69, 9.17) is 9.57 Å². The summed E-state index contributed by atoms with van der Waals surface area (Å²) in [5, 5.41) is 0.486. The molecule has 0 aliphatic carbocycles. The highest BCUT2D eigenvalue weighted by atomic mass is 16.7. The SMILES string of the molecule is O=C(CCCN1C(=O)C2[C@@H](C1=O)[C@@H]1C=C[C@H]2O1)ON1C(=O)CCC1=O. The second kappa shape index (κ2) is 5.76. The first kappa shape index (κ1) is 15.9. The van der Waals surface area contributed by atoms with Gasteiger partial charge in [0, 0.05) is 25.8 Å². The lowest BCUT2D eigenvalue weighted by atomic mass is 9.85. The summed E-state index contributed by atoms with van der Waals surface area (Å²) in [6, 6.07) is 0. The molecule has 25 heavy (non-hydrogen) atoms. The number of hydrogen-bond acceptors (Lipinski definition) is 7. The van der Waals surface area contributed by atoms with E-state index in [-0.39, 0.29) is 56.3 Å². The molecule has 132 valence electrons. The van der Waals surface area contributed by atoms with Crippen molar-refractivity contribution in [3.05, 3.63) is 12.2 Å². The standard InChI is InChI=1S/C16H16N2O7/c19-10-5-6-11(20)18(10)25-12(21)2-1-7-17-15(22)13-8-3-4-9(24-8)14(13)16(17)23/h3-4,8-9,13-14H,1-2,5-7H2/t8-,9+,13-,14?/m0/s1. The van der Waals surface area contributed by atoms with E-state index in [2.05, 4.69) is 0 Å². The van der Waals surface area contributed by atoms with Crippen LogP contribution in [0.3, 0.4) is 0 Å². The van der Waals surface area contributed by atoms with Crippen molar-refractivity contribution in [1.82, 2.24) is 9.96 Å². The maximum absolute atomic E-state index is 12.4. The van der Waals surface area contributed by atoms with Gasteiger partial charge >= 0.3 is 5.97 Å². The minimum absolute atomic E-state index is 0.0319. The quantitative estimate of drug-likeness (QED) is 0.478. The second-order valence-electron chi connectivity index (χ2n) is 6.48. The number of amides is 4.